The van der Waals surface area contributed by atoms with Crippen molar-refractivity contribution in [2.75, 3.05) is 26.2 Å². The molecule has 0 N–H and O–H groups in total. The monoisotopic (exact) mass is 410 g/mol. The summed E-state index contributed by atoms with van der Waals surface area (Å²) in [5.74, 6) is 1.30. The van der Waals surface area contributed by atoms with E-state index in [1.54, 1.807) is 34.1 Å². The maximum absolute atomic E-state index is 12.9. The summed E-state index contributed by atoms with van der Waals surface area (Å²) in [5, 5.41) is 0. The van der Waals surface area contributed by atoms with Gasteiger partial charge in [0.1, 0.15) is 11.5 Å². The van der Waals surface area contributed by atoms with Crippen molar-refractivity contribution in [3.8, 4) is 11.5 Å². The number of carbonyl (C=O) groups excluding carboxylic acids is 2. The molecule has 1 fully saturated rings. The molecule has 1 saturated heterocycles. The van der Waals surface area contributed by atoms with E-state index < -0.39 is 0 Å². The number of benzene rings is 2. The van der Waals surface area contributed by atoms with Crippen molar-refractivity contribution < 1.29 is 19.1 Å². The first kappa shape index (κ1) is 21.7. The lowest BCUT2D eigenvalue weighted by Gasteiger charge is -2.35. The molecule has 30 heavy (non-hydrogen) atoms. The van der Waals surface area contributed by atoms with Gasteiger partial charge in [0.25, 0.3) is 11.8 Å². The molecule has 2 aromatic carbocycles. The van der Waals surface area contributed by atoms with E-state index in [2.05, 4.69) is 0 Å². The first-order valence-electron chi connectivity index (χ1n) is 10.5. The van der Waals surface area contributed by atoms with Crippen molar-refractivity contribution in [3.63, 3.8) is 0 Å². The number of ether oxygens (including phenoxy) is 2. The van der Waals surface area contributed by atoms with Crippen LogP contribution < -0.4 is 9.47 Å². The van der Waals surface area contributed by atoms with Crippen molar-refractivity contribution in [1.29, 1.82) is 0 Å². The topological polar surface area (TPSA) is 59.1 Å². The Morgan fingerprint density at radius 2 is 1.07 bits per heavy atom. The predicted octanol–water partition coefficient (Wildman–Crippen LogP) is 3.86. The smallest absolute Gasteiger partial charge is 0.254 e. The van der Waals surface area contributed by atoms with Crippen LogP contribution in [0, 0.1) is 0 Å². The SMILES string of the molecule is CC(C)Oc1cccc(C(=O)N2CCN(C(=O)c3cccc(OC(C)C)c3)CC2)c1. The van der Waals surface area contributed by atoms with Crippen LogP contribution in [0.1, 0.15) is 48.4 Å². The van der Waals surface area contributed by atoms with Crippen molar-refractivity contribution in [3.05, 3.63) is 59.7 Å². The molecular weight excluding hydrogens is 380 g/mol. The molecule has 2 aromatic rings. The first-order valence-corrected chi connectivity index (χ1v) is 10.5. The molecule has 0 radical (unpaired) electrons. The first-order chi connectivity index (χ1) is 14.3. The zero-order valence-corrected chi connectivity index (χ0v) is 18.1. The Labute approximate surface area is 178 Å². The summed E-state index contributed by atoms with van der Waals surface area (Å²) in [5.41, 5.74) is 1.21. The van der Waals surface area contributed by atoms with Crippen LogP contribution in [0.15, 0.2) is 48.5 Å². The van der Waals surface area contributed by atoms with Gasteiger partial charge in [0.15, 0.2) is 0 Å². The molecule has 0 bridgehead atoms. The average molecular weight is 411 g/mol. The van der Waals surface area contributed by atoms with Gasteiger partial charge in [0, 0.05) is 37.3 Å². The molecule has 0 spiro atoms. The zero-order chi connectivity index (χ0) is 21.7. The molecule has 0 saturated carbocycles. The lowest BCUT2D eigenvalue weighted by molar-refractivity contribution is 0.0535. The molecule has 6 heteroatoms. The number of amides is 2. The van der Waals surface area contributed by atoms with E-state index in [4.69, 9.17) is 9.47 Å². The van der Waals surface area contributed by atoms with Gasteiger partial charge in [-0.1, -0.05) is 12.1 Å². The Hall–Kier alpha value is -3.02. The normalized spacial score (nSPS) is 14.2. The van der Waals surface area contributed by atoms with E-state index >= 15 is 0 Å². The molecule has 0 atom stereocenters. The highest BCUT2D eigenvalue weighted by Gasteiger charge is 2.26. The molecule has 0 aromatic heterocycles. The van der Waals surface area contributed by atoms with Gasteiger partial charge in [-0.3, -0.25) is 9.59 Å². The third-order valence-electron chi connectivity index (χ3n) is 4.76. The maximum atomic E-state index is 12.9. The second-order valence-corrected chi connectivity index (χ2v) is 7.97. The van der Waals surface area contributed by atoms with Crippen LogP contribution in [-0.2, 0) is 0 Å². The van der Waals surface area contributed by atoms with Crippen LogP contribution in [0.3, 0.4) is 0 Å². The van der Waals surface area contributed by atoms with Crippen LogP contribution in [0.25, 0.3) is 0 Å². The van der Waals surface area contributed by atoms with Gasteiger partial charge in [-0.05, 0) is 64.1 Å². The molecule has 1 aliphatic rings. The number of nitrogens with zero attached hydrogens (tertiary/aromatic N) is 2. The molecule has 6 nitrogen and oxygen atoms in total. The summed E-state index contributed by atoms with van der Waals surface area (Å²) in [6.07, 6.45) is 0.101. The Kier molecular flexibility index (Phi) is 6.98. The molecule has 0 aliphatic carbocycles. The van der Waals surface area contributed by atoms with Crippen molar-refractivity contribution in [1.82, 2.24) is 9.80 Å². The summed E-state index contributed by atoms with van der Waals surface area (Å²) in [6, 6.07) is 14.5. The number of rotatable bonds is 6. The van der Waals surface area contributed by atoms with Gasteiger partial charge >= 0.3 is 0 Å². The van der Waals surface area contributed by atoms with Crippen LogP contribution >= 0.6 is 0 Å². The lowest BCUT2D eigenvalue weighted by atomic mass is 10.1. The van der Waals surface area contributed by atoms with Crippen LogP contribution in [0.2, 0.25) is 0 Å². The number of carbonyl (C=O) groups is 2. The van der Waals surface area contributed by atoms with E-state index in [1.807, 2.05) is 52.0 Å². The van der Waals surface area contributed by atoms with E-state index in [1.165, 1.54) is 0 Å². The fourth-order valence-corrected chi connectivity index (χ4v) is 3.43. The highest BCUT2D eigenvalue weighted by atomic mass is 16.5. The number of hydrogen-bond acceptors (Lipinski definition) is 4. The molecule has 1 heterocycles. The standard InChI is InChI=1S/C24H30N2O4/c1-17(2)29-21-9-5-7-19(15-21)23(27)25-11-13-26(14-12-25)24(28)20-8-6-10-22(16-20)30-18(3)4/h5-10,15-18H,11-14H2,1-4H3. The Bertz CT molecular complexity index is 813. The van der Waals surface area contributed by atoms with Crippen LogP contribution in [0.5, 0.6) is 11.5 Å². The molecular formula is C24H30N2O4. The third kappa shape index (κ3) is 5.53. The van der Waals surface area contributed by atoms with E-state index in [9.17, 15) is 9.59 Å². The number of piperazine rings is 1. The zero-order valence-electron chi connectivity index (χ0n) is 18.1. The fourth-order valence-electron chi connectivity index (χ4n) is 3.43. The fraction of sp³-hybridized carbons (Fsp3) is 0.417. The minimum absolute atomic E-state index is 0.0383. The average Bonchev–Trinajstić information content (AvgIpc) is 2.72. The quantitative estimate of drug-likeness (QED) is 0.726. The summed E-state index contributed by atoms with van der Waals surface area (Å²) >= 11 is 0. The van der Waals surface area contributed by atoms with Gasteiger partial charge in [0.2, 0.25) is 0 Å². The van der Waals surface area contributed by atoms with Gasteiger partial charge in [-0.2, -0.15) is 0 Å². The van der Waals surface area contributed by atoms with Crippen molar-refractivity contribution in [2.45, 2.75) is 39.9 Å². The summed E-state index contributed by atoms with van der Waals surface area (Å²) in [7, 11) is 0. The van der Waals surface area contributed by atoms with Gasteiger partial charge in [0.05, 0.1) is 12.2 Å². The summed E-state index contributed by atoms with van der Waals surface area (Å²) < 4.78 is 11.4. The minimum atomic E-state index is -0.0383. The van der Waals surface area contributed by atoms with Gasteiger partial charge < -0.3 is 19.3 Å². The lowest BCUT2D eigenvalue weighted by Crippen LogP contribution is -2.50. The third-order valence-corrected chi connectivity index (χ3v) is 4.76. The van der Waals surface area contributed by atoms with E-state index in [-0.39, 0.29) is 24.0 Å². The minimum Gasteiger partial charge on any atom is -0.491 e. The largest absolute Gasteiger partial charge is 0.491 e. The summed E-state index contributed by atoms with van der Waals surface area (Å²) in [4.78, 5) is 29.3. The summed E-state index contributed by atoms with van der Waals surface area (Å²) in [6.45, 7) is 9.82. The molecule has 2 amide bonds. The molecule has 1 aliphatic heterocycles. The van der Waals surface area contributed by atoms with Crippen LogP contribution in [0.4, 0.5) is 0 Å². The highest BCUT2D eigenvalue weighted by molar-refractivity contribution is 5.96. The molecule has 160 valence electrons. The van der Waals surface area contributed by atoms with Gasteiger partial charge in [-0.15, -0.1) is 0 Å². The maximum Gasteiger partial charge on any atom is 0.254 e. The molecule has 3 rings (SSSR count). The highest BCUT2D eigenvalue weighted by Crippen LogP contribution is 2.19. The van der Waals surface area contributed by atoms with Gasteiger partial charge in [-0.25, -0.2) is 0 Å². The number of hydrogen-bond donors (Lipinski definition) is 0. The molecule has 0 unspecified atom stereocenters. The second-order valence-electron chi connectivity index (χ2n) is 7.97. The van der Waals surface area contributed by atoms with Crippen molar-refractivity contribution in [2.24, 2.45) is 0 Å². The Morgan fingerprint density at radius 1 is 0.700 bits per heavy atom. The Morgan fingerprint density at radius 3 is 1.40 bits per heavy atom. The second kappa shape index (κ2) is 9.65. The Balaban J connectivity index is 1.60. The van der Waals surface area contributed by atoms with E-state index in [0.717, 1.165) is 0 Å². The van der Waals surface area contributed by atoms with Crippen molar-refractivity contribution >= 4 is 11.8 Å². The predicted molar refractivity (Wildman–Crippen MR) is 116 cm³/mol. The van der Waals surface area contributed by atoms with E-state index in [0.29, 0.717) is 48.8 Å². The van der Waals surface area contributed by atoms with Crippen LogP contribution in [-0.4, -0.2) is 60.0 Å².